The van der Waals surface area contributed by atoms with Crippen LogP contribution in [0.2, 0.25) is 5.02 Å². The van der Waals surface area contributed by atoms with Gasteiger partial charge in [0.15, 0.2) is 0 Å². The number of nitrogens with zero attached hydrogens (tertiary/aromatic N) is 1. The van der Waals surface area contributed by atoms with Crippen molar-refractivity contribution in [1.82, 2.24) is 10.3 Å². The molecule has 0 aromatic carbocycles. The number of thiophene rings is 1. The third kappa shape index (κ3) is 4.19. The molecule has 4 nitrogen and oxygen atoms in total. The molecule has 2 rings (SSSR count). The largest absolute Gasteiger partial charge is 0.369 e. The van der Waals surface area contributed by atoms with Crippen LogP contribution in [-0.4, -0.2) is 17.4 Å². The van der Waals surface area contributed by atoms with E-state index < -0.39 is 0 Å². The maximum absolute atomic E-state index is 12.1. The van der Waals surface area contributed by atoms with Crippen LogP contribution in [0.15, 0.2) is 23.7 Å². The average Bonchev–Trinajstić information content (AvgIpc) is 2.88. The summed E-state index contributed by atoms with van der Waals surface area (Å²) < 4.78 is 0. The molecule has 0 atom stereocenters. The molecule has 0 spiro atoms. The molecule has 2 aromatic heterocycles. The minimum Gasteiger partial charge on any atom is -0.369 e. The highest BCUT2D eigenvalue weighted by atomic mass is 35.5. The number of nitrogens with one attached hydrogen (secondary N) is 2. The topological polar surface area (TPSA) is 54.0 Å². The molecule has 0 aliphatic carbocycles. The third-order valence-electron chi connectivity index (χ3n) is 3.02. The lowest BCUT2D eigenvalue weighted by Gasteiger charge is -2.08. The van der Waals surface area contributed by atoms with Crippen LogP contribution in [0.5, 0.6) is 0 Å². The summed E-state index contributed by atoms with van der Waals surface area (Å²) in [5.74, 6) is 0.448. The van der Waals surface area contributed by atoms with Gasteiger partial charge in [-0.2, -0.15) is 0 Å². The number of amides is 1. The number of hydrogen-bond donors (Lipinski definition) is 2. The van der Waals surface area contributed by atoms with Crippen LogP contribution in [0, 0.1) is 6.92 Å². The smallest absolute Gasteiger partial charge is 0.253 e. The van der Waals surface area contributed by atoms with E-state index in [1.807, 2.05) is 18.4 Å². The zero-order chi connectivity index (χ0) is 15.2. The molecule has 112 valence electrons. The molecule has 0 saturated heterocycles. The number of rotatable bonds is 6. The van der Waals surface area contributed by atoms with Crippen LogP contribution >= 0.6 is 22.9 Å². The zero-order valence-corrected chi connectivity index (χ0v) is 13.6. The van der Waals surface area contributed by atoms with Crippen LogP contribution in [-0.2, 0) is 6.54 Å². The molecule has 21 heavy (non-hydrogen) atoms. The number of aromatic nitrogens is 1. The van der Waals surface area contributed by atoms with Crippen molar-refractivity contribution >= 4 is 34.7 Å². The van der Waals surface area contributed by atoms with Gasteiger partial charge in [0, 0.05) is 17.6 Å². The fraction of sp³-hybridized carbons (Fsp3) is 0.333. The molecule has 0 aliphatic rings. The summed E-state index contributed by atoms with van der Waals surface area (Å²) in [5.41, 5.74) is 1.66. The fourth-order valence-corrected chi connectivity index (χ4v) is 2.86. The van der Waals surface area contributed by atoms with E-state index >= 15 is 0 Å². The average molecular weight is 324 g/mol. The molecule has 6 heteroatoms. The first-order valence-electron chi connectivity index (χ1n) is 6.82. The Hall–Kier alpha value is -1.59. The third-order valence-corrected chi connectivity index (χ3v) is 4.33. The molecule has 2 aromatic rings. The summed E-state index contributed by atoms with van der Waals surface area (Å²) in [4.78, 5) is 17.5. The molecular formula is C15H18ClN3OS. The molecule has 0 bridgehead atoms. The molecule has 0 unspecified atom stereocenters. The molecular weight excluding hydrogens is 306 g/mol. The number of pyridine rings is 1. The van der Waals surface area contributed by atoms with Crippen LogP contribution in [0.1, 0.15) is 34.1 Å². The highest BCUT2D eigenvalue weighted by Crippen LogP contribution is 2.20. The van der Waals surface area contributed by atoms with Crippen molar-refractivity contribution in [2.24, 2.45) is 0 Å². The summed E-state index contributed by atoms with van der Waals surface area (Å²) in [5, 5.41) is 8.48. The highest BCUT2D eigenvalue weighted by Gasteiger charge is 2.10. The Morgan fingerprint density at radius 1 is 1.48 bits per heavy atom. The summed E-state index contributed by atoms with van der Waals surface area (Å²) >= 11 is 7.77. The normalized spacial score (nSPS) is 10.4. The minimum atomic E-state index is -0.167. The van der Waals surface area contributed by atoms with E-state index in [0.29, 0.717) is 22.9 Å². The predicted octanol–water partition coefficient (Wildman–Crippen LogP) is 3.86. The van der Waals surface area contributed by atoms with Gasteiger partial charge in [-0.05, 0) is 36.4 Å². The van der Waals surface area contributed by atoms with Crippen molar-refractivity contribution in [2.45, 2.75) is 26.8 Å². The Balaban J connectivity index is 1.99. The lowest BCUT2D eigenvalue weighted by molar-refractivity contribution is 0.0951. The maximum Gasteiger partial charge on any atom is 0.253 e. The standard InChI is InChI=1S/C15H18ClN3OS/c1-3-5-17-14-12(16)7-11(8-18-14)15(20)19-9-13-10(2)4-6-21-13/h4,6-8H,3,5,9H2,1-2H3,(H,17,18)(H,19,20). The summed E-state index contributed by atoms with van der Waals surface area (Å²) in [6.07, 6.45) is 2.53. The van der Waals surface area contributed by atoms with E-state index in [1.165, 1.54) is 5.56 Å². The first kappa shape index (κ1) is 15.8. The van der Waals surface area contributed by atoms with E-state index in [0.717, 1.165) is 17.8 Å². The summed E-state index contributed by atoms with van der Waals surface area (Å²) in [6, 6.07) is 3.68. The van der Waals surface area contributed by atoms with Gasteiger partial charge < -0.3 is 10.6 Å². The Kier molecular flexibility index (Phi) is 5.59. The number of carbonyl (C=O) groups excluding carboxylic acids is 1. The maximum atomic E-state index is 12.1. The van der Waals surface area contributed by atoms with E-state index in [1.54, 1.807) is 23.6 Å². The first-order chi connectivity index (χ1) is 10.1. The van der Waals surface area contributed by atoms with Gasteiger partial charge in [-0.25, -0.2) is 4.98 Å². The highest BCUT2D eigenvalue weighted by molar-refractivity contribution is 7.10. The molecule has 1 amide bonds. The molecule has 0 aliphatic heterocycles. The number of halogens is 1. The van der Waals surface area contributed by atoms with Crippen LogP contribution < -0.4 is 10.6 Å². The molecule has 0 saturated carbocycles. The van der Waals surface area contributed by atoms with Crippen molar-refractivity contribution in [2.75, 3.05) is 11.9 Å². The quantitative estimate of drug-likeness (QED) is 0.848. The molecule has 2 N–H and O–H groups in total. The van der Waals surface area contributed by atoms with Gasteiger partial charge in [-0.1, -0.05) is 18.5 Å². The minimum absolute atomic E-state index is 0.167. The van der Waals surface area contributed by atoms with Crippen molar-refractivity contribution in [3.05, 3.63) is 44.7 Å². The van der Waals surface area contributed by atoms with E-state index in [2.05, 4.69) is 22.5 Å². The van der Waals surface area contributed by atoms with Crippen LogP contribution in [0.4, 0.5) is 5.82 Å². The molecule has 0 radical (unpaired) electrons. The first-order valence-corrected chi connectivity index (χ1v) is 8.08. The van der Waals surface area contributed by atoms with Gasteiger partial charge in [0.2, 0.25) is 0 Å². The number of hydrogen-bond acceptors (Lipinski definition) is 4. The second-order valence-corrected chi connectivity index (χ2v) is 6.10. The Labute approximate surface area is 133 Å². The lowest BCUT2D eigenvalue weighted by atomic mass is 10.2. The van der Waals surface area contributed by atoms with E-state index in [9.17, 15) is 4.79 Å². The monoisotopic (exact) mass is 323 g/mol. The number of aryl methyl sites for hydroxylation is 1. The van der Waals surface area contributed by atoms with Crippen molar-refractivity contribution in [3.63, 3.8) is 0 Å². The summed E-state index contributed by atoms with van der Waals surface area (Å²) in [6.45, 7) is 5.42. The molecule has 0 fully saturated rings. The second-order valence-electron chi connectivity index (χ2n) is 4.69. The van der Waals surface area contributed by atoms with Crippen LogP contribution in [0.25, 0.3) is 0 Å². The van der Waals surface area contributed by atoms with Crippen molar-refractivity contribution in [3.8, 4) is 0 Å². The fourth-order valence-electron chi connectivity index (χ4n) is 1.78. The van der Waals surface area contributed by atoms with Crippen molar-refractivity contribution < 1.29 is 4.79 Å². The van der Waals surface area contributed by atoms with Gasteiger partial charge >= 0.3 is 0 Å². The van der Waals surface area contributed by atoms with E-state index in [-0.39, 0.29) is 5.91 Å². The van der Waals surface area contributed by atoms with Crippen LogP contribution in [0.3, 0.4) is 0 Å². The van der Waals surface area contributed by atoms with Gasteiger partial charge in [0.1, 0.15) is 5.82 Å². The predicted molar refractivity (Wildman–Crippen MR) is 88.3 cm³/mol. The lowest BCUT2D eigenvalue weighted by Crippen LogP contribution is -2.23. The van der Waals surface area contributed by atoms with Gasteiger partial charge in [-0.15, -0.1) is 11.3 Å². The number of anilines is 1. The Morgan fingerprint density at radius 3 is 2.90 bits per heavy atom. The van der Waals surface area contributed by atoms with E-state index in [4.69, 9.17) is 11.6 Å². The second kappa shape index (κ2) is 7.43. The van der Waals surface area contributed by atoms with Gasteiger partial charge in [0.25, 0.3) is 5.91 Å². The Morgan fingerprint density at radius 2 is 2.29 bits per heavy atom. The Bertz CT molecular complexity index is 627. The van der Waals surface area contributed by atoms with Gasteiger partial charge in [-0.3, -0.25) is 4.79 Å². The van der Waals surface area contributed by atoms with Crippen molar-refractivity contribution in [1.29, 1.82) is 0 Å². The number of carbonyl (C=O) groups is 1. The zero-order valence-electron chi connectivity index (χ0n) is 12.1. The SMILES string of the molecule is CCCNc1ncc(C(=O)NCc2sccc2C)cc1Cl. The molecule has 2 heterocycles. The van der Waals surface area contributed by atoms with Gasteiger partial charge in [0.05, 0.1) is 17.1 Å². The summed E-state index contributed by atoms with van der Waals surface area (Å²) in [7, 11) is 0.